The summed E-state index contributed by atoms with van der Waals surface area (Å²) >= 11 is 2.03. The van der Waals surface area contributed by atoms with Gasteiger partial charge in [0.2, 0.25) is 5.91 Å². The van der Waals surface area contributed by atoms with E-state index >= 15 is 0 Å². The third-order valence-corrected chi connectivity index (χ3v) is 5.09. The van der Waals surface area contributed by atoms with Crippen LogP contribution in [0.25, 0.3) is 0 Å². The molecule has 106 valence electrons. The van der Waals surface area contributed by atoms with Gasteiger partial charge < -0.3 is 10.6 Å². The summed E-state index contributed by atoms with van der Waals surface area (Å²) in [6.45, 7) is 8.17. The van der Waals surface area contributed by atoms with Gasteiger partial charge in [0.05, 0.1) is 6.04 Å². The van der Waals surface area contributed by atoms with Gasteiger partial charge >= 0.3 is 0 Å². The van der Waals surface area contributed by atoms with Crippen molar-refractivity contribution in [1.29, 1.82) is 0 Å². The summed E-state index contributed by atoms with van der Waals surface area (Å²) in [5.74, 6) is 1.40. The lowest BCUT2D eigenvalue weighted by molar-refractivity contribution is -0.122. The standard InChI is InChI=1S/C14H28N2OS/c1-4-5-6-9-15-13(17)12(2)16-11-14(3)8-7-10-18-14/h12,16H,4-11H2,1-3H3,(H,15,17). The molecule has 3 nitrogen and oxygen atoms in total. The number of amides is 1. The maximum atomic E-state index is 11.8. The number of thioether (sulfide) groups is 1. The number of unbranched alkanes of at least 4 members (excludes halogenated alkanes) is 2. The zero-order valence-electron chi connectivity index (χ0n) is 12.1. The van der Waals surface area contributed by atoms with Crippen molar-refractivity contribution in [3.63, 3.8) is 0 Å². The Kier molecular flexibility index (Phi) is 7.08. The van der Waals surface area contributed by atoms with E-state index in [1.807, 2.05) is 18.7 Å². The summed E-state index contributed by atoms with van der Waals surface area (Å²) < 4.78 is 0.330. The highest BCUT2D eigenvalue weighted by Gasteiger charge is 2.30. The van der Waals surface area contributed by atoms with E-state index < -0.39 is 0 Å². The van der Waals surface area contributed by atoms with Gasteiger partial charge in [-0.2, -0.15) is 11.8 Å². The minimum Gasteiger partial charge on any atom is -0.355 e. The molecular weight excluding hydrogens is 244 g/mol. The van der Waals surface area contributed by atoms with E-state index in [1.54, 1.807) is 0 Å². The van der Waals surface area contributed by atoms with Gasteiger partial charge in [-0.3, -0.25) is 4.79 Å². The van der Waals surface area contributed by atoms with Crippen LogP contribution in [0.1, 0.15) is 52.9 Å². The second-order valence-corrected chi connectivity index (χ2v) is 7.19. The normalized spacial score (nSPS) is 25.1. The first-order valence-corrected chi connectivity index (χ1v) is 8.21. The van der Waals surface area contributed by atoms with Crippen molar-refractivity contribution in [2.24, 2.45) is 0 Å². The van der Waals surface area contributed by atoms with Gasteiger partial charge in [-0.1, -0.05) is 19.8 Å². The van der Waals surface area contributed by atoms with Crippen molar-refractivity contribution in [3.05, 3.63) is 0 Å². The molecule has 0 bridgehead atoms. The molecule has 2 N–H and O–H groups in total. The lowest BCUT2D eigenvalue weighted by Crippen LogP contribution is -2.46. The first-order chi connectivity index (χ1) is 8.57. The minimum absolute atomic E-state index is 0.0790. The molecule has 0 aromatic carbocycles. The lowest BCUT2D eigenvalue weighted by atomic mass is 10.1. The fraction of sp³-hybridized carbons (Fsp3) is 0.929. The second kappa shape index (κ2) is 8.05. The van der Waals surface area contributed by atoms with Crippen LogP contribution in [0.15, 0.2) is 0 Å². The van der Waals surface area contributed by atoms with Crippen molar-refractivity contribution in [1.82, 2.24) is 10.6 Å². The van der Waals surface area contributed by atoms with Crippen molar-refractivity contribution >= 4 is 17.7 Å². The zero-order chi connectivity index (χ0) is 13.4. The predicted molar refractivity (Wildman–Crippen MR) is 80.1 cm³/mol. The zero-order valence-corrected chi connectivity index (χ0v) is 12.9. The number of carbonyl (C=O) groups excluding carboxylic acids is 1. The Labute approximate surface area is 116 Å². The van der Waals surface area contributed by atoms with Gasteiger partial charge in [0.25, 0.3) is 0 Å². The first kappa shape index (κ1) is 15.8. The van der Waals surface area contributed by atoms with E-state index in [-0.39, 0.29) is 11.9 Å². The van der Waals surface area contributed by atoms with Crippen LogP contribution in [0.5, 0.6) is 0 Å². The minimum atomic E-state index is -0.0790. The monoisotopic (exact) mass is 272 g/mol. The quantitative estimate of drug-likeness (QED) is 0.667. The van der Waals surface area contributed by atoms with E-state index in [9.17, 15) is 4.79 Å². The molecule has 0 aromatic rings. The molecule has 0 aliphatic carbocycles. The maximum Gasteiger partial charge on any atom is 0.236 e. The van der Waals surface area contributed by atoms with Crippen molar-refractivity contribution in [2.75, 3.05) is 18.8 Å². The molecule has 2 unspecified atom stereocenters. The molecule has 1 heterocycles. The third kappa shape index (κ3) is 5.61. The summed E-state index contributed by atoms with van der Waals surface area (Å²) in [5.41, 5.74) is 0. The Morgan fingerprint density at radius 1 is 1.44 bits per heavy atom. The molecule has 1 aliphatic heterocycles. The molecule has 18 heavy (non-hydrogen) atoms. The SMILES string of the molecule is CCCCCNC(=O)C(C)NCC1(C)CCCS1. The Hall–Kier alpha value is -0.220. The highest BCUT2D eigenvalue weighted by atomic mass is 32.2. The number of nitrogens with one attached hydrogen (secondary N) is 2. The Morgan fingerprint density at radius 3 is 2.83 bits per heavy atom. The van der Waals surface area contributed by atoms with E-state index in [2.05, 4.69) is 24.5 Å². The molecule has 4 heteroatoms. The molecule has 1 fully saturated rings. The topological polar surface area (TPSA) is 41.1 Å². The molecule has 0 saturated carbocycles. The van der Waals surface area contributed by atoms with Gasteiger partial charge in [-0.05, 0) is 38.9 Å². The van der Waals surface area contributed by atoms with Crippen molar-refractivity contribution in [3.8, 4) is 0 Å². The Bertz CT molecular complexity index is 252. The summed E-state index contributed by atoms with van der Waals surface area (Å²) in [6, 6.07) is -0.0790. The lowest BCUT2D eigenvalue weighted by Gasteiger charge is -2.25. The molecule has 0 spiro atoms. The molecule has 0 aromatic heterocycles. The average Bonchev–Trinajstić information content (AvgIpc) is 2.79. The number of hydrogen-bond acceptors (Lipinski definition) is 3. The highest BCUT2D eigenvalue weighted by molar-refractivity contribution is 8.00. The summed E-state index contributed by atoms with van der Waals surface area (Å²) in [5, 5.41) is 6.37. The predicted octanol–water partition coefficient (Wildman–Crippen LogP) is 2.56. The van der Waals surface area contributed by atoms with Gasteiger partial charge in [0.15, 0.2) is 0 Å². The van der Waals surface area contributed by atoms with Gasteiger partial charge in [0, 0.05) is 17.8 Å². The molecule has 1 saturated heterocycles. The number of carbonyl (C=O) groups is 1. The Balaban J connectivity index is 2.15. The van der Waals surface area contributed by atoms with E-state index in [4.69, 9.17) is 0 Å². The average molecular weight is 272 g/mol. The molecule has 0 radical (unpaired) electrons. The Morgan fingerprint density at radius 2 is 2.22 bits per heavy atom. The third-order valence-electron chi connectivity index (χ3n) is 3.56. The first-order valence-electron chi connectivity index (χ1n) is 7.22. The van der Waals surface area contributed by atoms with Crippen LogP contribution >= 0.6 is 11.8 Å². The summed E-state index contributed by atoms with van der Waals surface area (Å²) in [4.78, 5) is 11.8. The van der Waals surface area contributed by atoms with E-state index in [1.165, 1.54) is 31.4 Å². The molecular formula is C14H28N2OS. The smallest absolute Gasteiger partial charge is 0.236 e. The van der Waals surface area contributed by atoms with Crippen molar-refractivity contribution in [2.45, 2.75) is 63.7 Å². The van der Waals surface area contributed by atoms with Crippen LogP contribution in [-0.4, -0.2) is 35.5 Å². The van der Waals surface area contributed by atoms with Crippen LogP contribution < -0.4 is 10.6 Å². The fourth-order valence-electron chi connectivity index (χ4n) is 2.18. The van der Waals surface area contributed by atoms with E-state index in [0.29, 0.717) is 4.75 Å². The largest absolute Gasteiger partial charge is 0.355 e. The van der Waals surface area contributed by atoms with Crippen LogP contribution in [0.4, 0.5) is 0 Å². The van der Waals surface area contributed by atoms with Crippen LogP contribution in [-0.2, 0) is 4.79 Å². The van der Waals surface area contributed by atoms with E-state index in [0.717, 1.165) is 19.5 Å². The molecule has 1 rings (SSSR count). The summed E-state index contributed by atoms with van der Waals surface area (Å²) in [6.07, 6.45) is 6.04. The van der Waals surface area contributed by atoms with Crippen LogP contribution in [0.2, 0.25) is 0 Å². The van der Waals surface area contributed by atoms with Crippen LogP contribution in [0.3, 0.4) is 0 Å². The van der Waals surface area contributed by atoms with Crippen molar-refractivity contribution < 1.29 is 4.79 Å². The summed E-state index contributed by atoms with van der Waals surface area (Å²) in [7, 11) is 0. The molecule has 1 aliphatic rings. The highest BCUT2D eigenvalue weighted by Crippen LogP contribution is 2.36. The van der Waals surface area contributed by atoms with Gasteiger partial charge in [0.1, 0.15) is 0 Å². The van der Waals surface area contributed by atoms with Crippen LogP contribution in [0, 0.1) is 0 Å². The molecule has 2 atom stereocenters. The fourth-order valence-corrected chi connectivity index (χ4v) is 3.43. The van der Waals surface area contributed by atoms with Gasteiger partial charge in [-0.25, -0.2) is 0 Å². The number of rotatable bonds is 8. The second-order valence-electron chi connectivity index (χ2n) is 5.50. The van der Waals surface area contributed by atoms with Gasteiger partial charge in [-0.15, -0.1) is 0 Å². The number of hydrogen-bond donors (Lipinski definition) is 2. The molecule has 1 amide bonds. The maximum absolute atomic E-state index is 11.8.